The highest BCUT2D eigenvalue weighted by Gasteiger charge is 2.07. The Balaban J connectivity index is 2.30. The molecule has 1 aromatic heterocycles. The second kappa shape index (κ2) is 4.31. The normalized spacial score (nSPS) is 11.0. The van der Waals surface area contributed by atoms with Crippen LogP contribution in [-0.4, -0.2) is 16.7 Å². The molecule has 0 radical (unpaired) electrons. The monoisotopic (exact) mass is 254 g/mol. The molecule has 0 aliphatic heterocycles. The van der Waals surface area contributed by atoms with E-state index >= 15 is 0 Å². The second-order valence-electron chi connectivity index (χ2n) is 4.35. The molecular weight excluding hydrogens is 240 g/mol. The summed E-state index contributed by atoms with van der Waals surface area (Å²) in [5.74, 6) is 0.869. The molecule has 0 aliphatic carbocycles. The minimum absolute atomic E-state index is 0.0775. The molecule has 4 nitrogen and oxygen atoms in total. The van der Waals surface area contributed by atoms with Crippen molar-refractivity contribution < 1.29 is 9.84 Å². The first kappa shape index (κ1) is 11.6. The summed E-state index contributed by atoms with van der Waals surface area (Å²) in [6.07, 6.45) is 0. The fourth-order valence-corrected chi connectivity index (χ4v) is 2.15. The van der Waals surface area contributed by atoms with Crippen molar-refractivity contribution in [2.75, 3.05) is 12.3 Å². The van der Waals surface area contributed by atoms with Gasteiger partial charge in [-0.2, -0.15) is 0 Å². The van der Waals surface area contributed by atoms with Gasteiger partial charge in [-0.15, -0.1) is 0 Å². The highest BCUT2D eigenvalue weighted by atomic mass is 16.5. The summed E-state index contributed by atoms with van der Waals surface area (Å²) in [6, 6.07) is 11.1. The van der Waals surface area contributed by atoms with Crippen molar-refractivity contribution >= 4 is 27.5 Å². The van der Waals surface area contributed by atoms with Crippen molar-refractivity contribution in [3.63, 3.8) is 0 Å². The first-order valence-corrected chi connectivity index (χ1v) is 6.14. The maximum absolute atomic E-state index is 9.99. The molecule has 0 saturated carbocycles. The Morgan fingerprint density at radius 3 is 2.74 bits per heavy atom. The van der Waals surface area contributed by atoms with Gasteiger partial charge < -0.3 is 15.6 Å². The number of hydrogen-bond acceptors (Lipinski definition) is 4. The molecule has 0 spiro atoms. The third-order valence-corrected chi connectivity index (χ3v) is 3.08. The summed E-state index contributed by atoms with van der Waals surface area (Å²) >= 11 is 0. The first-order chi connectivity index (χ1) is 9.19. The van der Waals surface area contributed by atoms with Gasteiger partial charge in [-0.25, -0.2) is 4.98 Å². The molecule has 3 N–H and O–H groups in total. The number of phenolic OH excluding ortho intramolecular Hbond substituents is 1. The topological polar surface area (TPSA) is 68.4 Å². The van der Waals surface area contributed by atoms with Crippen LogP contribution in [0.2, 0.25) is 0 Å². The standard InChI is InChI=1S/C15H14N2O2/c1-2-19-10-3-5-13-9(7-10)8-11-14(17-13)6-4-12(16)15(11)18/h3-8,18H,2,16H2,1H3. The Labute approximate surface area is 110 Å². The van der Waals surface area contributed by atoms with Gasteiger partial charge in [0.1, 0.15) is 11.5 Å². The van der Waals surface area contributed by atoms with Crippen LogP contribution in [0, 0.1) is 0 Å². The molecule has 0 aliphatic rings. The van der Waals surface area contributed by atoms with Gasteiger partial charge in [-0.3, -0.25) is 0 Å². The van der Waals surface area contributed by atoms with Gasteiger partial charge in [0.05, 0.1) is 23.3 Å². The van der Waals surface area contributed by atoms with Crippen LogP contribution in [0.5, 0.6) is 11.5 Å². The van der Waals surface area contributed by atoms with Gasteiger partial charge in [0.15, 0.2) is 0 Å². The molecule has 0 fully saturated rings. The van der Waals surface area contributed by atoms with Crippen molar-refractivity contribution in [1.29, 1.82) is 0 Å². The van der Waals surface area contributed by atoms with E-state index in [4.69, 9.17) is 10.5 Å². The van der Waals surface area contributed by atoms with Crippen LogP contribution < -0.4 is 10.5 Å². The molecule has 3 rings (SSSR count). The van der Waals surface area contributed by atoms with Crippen LogP contribution in [0.15, 0.2) is 36.4 Å². The molecule has 0 saturated heterocycles. The third kappa shape index (κ3) is 1.91. The molecule has 4 heteroatoms. The maximum atomic E-state index is 9.99. The molecule has 0 atom stereocenters. The number of nitrogens with zero attached hydrogens (tertiary/aromatic N) is 1. The minimum Gasteiger partial charge on any atom is -0.505 e. The van der Waals surface area contributed by atoms with E-state index in [0.717, 1.165) is 22.2 Å². The van der Waals surface area contributed by atoms with E-state index in [2.05, 4.69) is 4.98 Å². The average molecular weight is 254 g/mol. The predicted octanol–water partition coefficient (Wildman–Crippen LogP) is 3.07. The van der Waals surface area contributed by atoms with E-state index in [-0.39, 0.29) is 5.75 Å². The van der Waals surface area contributed by atoms with Crippen molar-refractivity contribution in [3.8, 4) is 11.5 Å². The number of rotatable bonds is 2. The lowest BCUT2D eigenvalue weighted by atomic mass is 10.1. The Bertz CT molecular complexity index is 769. The quantitative estimate of drug-likeness (QED) is 0.419. The molecule has 96 valence electrons. The number of nitrogens with two attached hydrogens (primary N) is 1. The van der Waals surface area contributed by atoms with Gasteiger partial charge in [-0.05, 0) is 43.3 Å². The van der Waals surface area contributed by atoms with Gasteiger partial charge in [0, 0.05) is 10.8 Å². The van der Waals surface area contributed by atoms with Crippen LogP contribution in [0.4, 0.5) is 5.69 Å². The van der Waals surface area contributed by atoms with E-state index in [1.165, 1.54) is 0 Å². The van der Waals surface area contributed by atoms with Crippen LogP contribution in [-0.2, 0) is 0 Å². The molecule has 0 amide bonds. The second-order valence-corrected chi connectivity index (χ2v) is 4.35. The summed E-state index contributed by atoms with van der Waals surface area (Å²) in [4.78, 5) is 4.51. The SMILES string of the molecule is CCOc1ccc2nc3ccc(N)c(O)c3cc2c1. The summed E-state index contributed by atoms with van der Waals surface area (Å²) in [5.41, 5.74) is 7.65. The summed E-state index contributed by atoms with van der Waals surface area (Å²) in [6.45, 7) is 2.56. The average Bonchev–Trinajstić information content (AvgIpc) is 2.42. The smallest absolute Gasteiger partial charge is 0.147 e. The Hall–Kier alpha value is -2.49. The fourth-order valence-electron chi connectivity index (χ4n) is 2.15. The maximum Gasteiger partial charge on any atom is 0.147 e. The van der Waals surface area contributed by atoms with E-state index in [9.17, 15) is 5.11 Å². The van der Waals surface area contributed by atoms with Crippen LogP contribution in [0.25, 0.3) is 21.8 Å². The molecular formula is C15H14N2O2. The molecule has 1 heterocycles. The summed E-state index contributed by atoms with van der Waals surface area (Å²) in [7, 11) is 0. The summed E-state index contributed by atoms with van der Waals surface area (Å²) in [5, 5.41) is 11.6. The molecule has 19 heavy (non-hydrogen) atoms. The van der Waals surface area contributed by atoms with Crippen LogP contribution >= 0.6 is 0 Å². The number of hydrogen-bond donors (Lipinski definition) is 2. The molecule has 2 aromatic carbocycles. The zero-order valence-corrected chi connectivity index (χ0v) is 10.6. The van der Waals surface area contributed by atoms with Gasteiger partial charge in [0.2, 0.25) is 0 Å². The zero-order valence-electron chi connectivity index (χ0n) is 10.6. The number of phenols is 1. The lowest BCUT2D eigenvalue weighted by Gasteiger charge is -2.07. The van der Waals surface area contributed by atoms with Crippen LogP contribution in [0.3, 0.4) is 0 Å². The lowest BCUT2D eigenvalue weighted by molar-refractivity contribution is 0.340. The molecule has 3 aromatic rings. The zero-order chi connectivity index (χ0) is 13.4. The first-order valence-electron chi connectivity index (χ1n) is 6.14. The highest BCUT2D eigenvalue weighted by molar-refractivity contribution is 5.98. The lowest BCUT2D eigenvalue weighted by Crippen LogP contribution is -1.92. The molecule has 0 unspecified atom stereocenters. The Morgan fingerprint density at radius 1 is 1.16 bits per heavy atom. The highest BCUT2D eigenvalue weighted by Crippen LogP contribution is 2.32. The Kier molecular flexibility index (Phi) is 2.63. The minimum atomic E-state index is 0.0775. The van der Waals surface area contributed by atoms with Crippen molar-refractivity contribution in [3.05, 3.63) is 36.4 Å². The van der Waals surface area contributed by atoms with Gasteiger partial charge in [0.25, 0.3) is 0 Å². The Morgan fingerprint density at radius 2 is 1.95 bits per heavy atom. The van der Waals surface area contributed by atoms with Crippen molar-refractivity contribution in [1.82, 2.24) is 4.98 Å². The largest absolute Gasteiger partial charge is 0.505 e. The van der Waals surface area contributed by atoms with Crippen molar-refractivity contribution in [2.24, 2.45) is 0 Å². The van der Waals surface area contributed by atoms with Gasteiger partial charge >= 0.3 is 0 Å². The van der Waals surface area contributed by atoms with E-state index in [1.54, 1.807) is 12.1 Å². The number of pyridine rings is 1. The number of anilines is 1. The number of fused-ring (bicyclic) bond motifs is 2. The van der Waals surface area contributed by atoms with Crippen molar-refractivity contribution in [2.45, 2.75) is 6.92 Å². The van der Waals surface area contributed by atoms with Crippen LogP contribution in [0.1, 0.15) is 6.92 Å². The van der Waals surface area contributed by atoms with Gasteiger partial charge in [-0.1, -0.05) is 0 Å². The fraction of sp³-hybridized carbons (Fsp3) is 0.133. The predicted molar refractivity (Wildman–Crippen MR) is 76.5 cm³/mol. The van der Waals surface area contributed by atoms with E-state index in [1.807, 2.05) is 31.2 Å². The number of benzene rings is 2. The summed E-state index contributed by atoms with van der Waals surface area (Å²) < 4.78 is 5.47. The third-order valence-electron chi connectivity index (χ3n) is 3.08. The van der Waals surface area contributed by atoms with E-state index < -0.39 is 0 Å². The number of aromatic nitrogens is 1. The number of nitrogen functional groups attached to an aromatic ring is 1. The number of aromatic hydroxyl groups is 1. The molecule has 0 bridgehead atoms. The number of ether oxygens (including phenoxy) is 1. The van der Waals surface area contributed by atoms with E-state index in [0.29, 0.717) is 17.7 Å².